The minimum Gasteiger partial charge on any atom is -0.481 e. The van der Waals surface area contributed by atoms with Crippen molar-refractivity contribution in [3.8, 4) is 0 Å². The molecule has 5 heteroatoms. The molecular weight excluding hydrogens is 345 g/mol. The standard InChI is InChI=1S/C13H14INO3/c14-11-3-1-2-10(8-11)12(16)15-6-4-9(5-7-15)13(17)18/h1-3,8-9H,4-7H2,(H,17,18). The first-order valence-electron chi connectivity index (χ1n) is 5.85. The number of nitrogens with zero attached hydrogens (tertiary/aromatic N) is 1. The zero-order valence-corrected chi connectivity index (χ0v) is 12.0. The number of likely N-dealkylation sites (tertiary alicyclic amines) is 1. The molecule has 0 aliphatic carbocycles. The van der Waals surface area contributed by atoms with E-state index in [-0.39, 0.29) is 11.8 Å². The predicted molar refractivity (Wildman–Crippen MR) is 75.4 cm³/mol. The Bertz CT molecular complexity index is 467. The molecule has 1 amide bonds. The lowest BCUT2D eigenvalue weighted by Gasteiger charge is -2.30. The smallest absolute Gasteiger partial charge is 0.306 e. The molecule has 2 rings (SSSR count). The Morgan fingerprint density at radius 2 is 1.94 bits per heavy atom. The molecule has 1 aromatic carbocycles. The summed E-state index contributed by atoms with van der Waals surface area (Å²) < 4.78 is 1.03. The van der Waals surface area contributed by atoms with Gasteiger partial charge in [-0.3, -0.25) is 9.59 Å². The van der Waals surface area contributed by atoms with Crippen molar-refractivity contribution in [2.24, 2.45) is 5.92 Å². The minimum absolute atomic E-state index is 0.00245. The van der Waals surface area contributed by atoms with Crippen LogP contribution in [0.15, 0.2) is 24.3 Å². The normalized spacial score (nSPS) is 16.6. The summed E-state index contributed by atoms with van der Waals surface area (Å²) in [5, 5.41) is 8.91. The summed E-state index contributed by atoms with van der Waals surface area (Å²) in [6, 6.07) is 7.45. The molecule has 1 aromatic rings. The number of hydrogen-bond acceptors (Lipinski definition) is 2. The first-order chi connectivity index (χ1) is 8.58. The second kappa shape index (κ2) is 5.69. The van der Waals surface area contributed by atoms with Gasteiger partial charge in [-0.15, -0.1) is 0 Å². The Kier molecular flexibility index (Phi) is 4.21. The van der Waals surface area contributed by atoms with Gasteiger partial charge in [-0.25, -0.2) is 0 Å². The third-order valence-electron chi connectivity index (χ3n) is 3.20. The van der Waals surface area contributed by atoms with Gasteiger partial charge in [0, 0.05) is 22.2 Å². The van der Waals surface area contributed by atoms with Crippen LogP contribution >= 0.6 is 22.6 Å². The second-order valence-corrected chi connectivity index (χ2v) is 5.66. The van der Waals surface area contributed by atoms with Crippen LogP contribution in [0.25, 0.3) is 0 Å². The van der Waals surface area contributed by atoms with Crippen molar-refractivity contribution in [2.75, 3.05) is 13.1 Å². The molecular formula is C13H14INO3. The van der Waals surface area contributed by atoms with Gasteiger partial charge < -0.3 is 10.0 Å². The molecule has 0 aromatic heterocycles. The van der Waals surface area contributed by atoms with E-state index in [1.807, 2.05) is 18.2 Å². The molecule has 0 atom stereocenters. The Morgan fingerprint density at radius 3 is 2.50 bits per heavy atom. The summed E-state index contributed by atoms with van der Waals surface area (Å²) >= 11 is 2.17. The maximum absolute atomic E-state index is 12.2. The number of piperidine rings is 1. The monoisotopic (exact) mass is 359 g/mol. The van der Waals surface area contributed by atoms with E-state index in [1.54, 1.807) is 11.0 Å². The lowest BCUT2D eigenvalue weighted by molar-refractivity contribution is -0.143. The van der Waals surface area contributed by atoms with E-state index in [4.69, 9.17) is 5.11 Å². The van der Waals surface area contributed by atoms with Crippen LogP contribution in [0.3, 0.4) is 0 Å². The topological polar surface area (TPSA) is 57.6 Å². The molecule has 1 aliphatic rings. The van der Waals surface area contributed by atoms with E-state index < -0.39 is 5.97 Å². The highest BCUT2D eigenvalue weighted by Crippen LogP contribution is 2.19. The van der Waals surface area contributed by atoms with Crippen molar-refractivity contribution >= 4 is 34.5 Å². The van der Waals surface area contributed by atoms with Crippen molar-refractivity contribution in [2.45, 2.75) is 12.8 Å². The highest BCUT2D eigenvalue weighted by atomic mass is 127. The van der Waals surface area contributed by atoms with Crippen molar-refractivity contribution < 1.29 is 14.7 Å². The van der Waals surface area contributed by atoms with Gasteiger partial charge in [0.05, 0.1) is 5.92 Å². The summed E-state index contributed by atoms with van der Waals surface area (Å²) in [6.07, 6.45) is 1.09. The molecule has 0 spiro atoms. The first-order valence-corrected chi connectivity index (χ1v) is 6.93. The van der Waals surface area contributed by atoms with Crippen LogP contribution in [-0.2, 0) is 4.79 Å². The number of carboxylic acid groups (broad SMARTS) is 1. The van der Waals surface area contributed by atoms with Gasteiger partial charge in [0.2, 0.25) is 0 Å². The van der Waals surface area contributed by atoms with Crippen LogP contribution in [0.2, 0.25) is 0 Å². The van der Waals surface area contributed by atoms with E-state index in [9.17, 15) is 9.59 Å². The maximum atomic E-state index is 12.2. The van der Waals surface area contributed by atoms with Crippen LogP contribution in [-0.4, -0.2) is 35.0 Å². The van der Waals surface area contributed by atoms with E-state index in [0.29, 0.717) is 31.5 Å². The summed E-state index contributed by atoms with van der Waals surface area (Å²) in [5.41, 5.74) is 0.677. The van der Waals surface area contributed by atoms with Crippen molar-refractivity contribution in [1.82, 2.24) is 4.90 Å². The largest absolute Gasteiger partial charge is 0.481 e. The highest BCUT2D eigenvalue weighted by molar-refractivity contribution is 14.1. The summed E-state index contributed by atoms with van der Waals surface area (Å²) in [7, 11) is 0. The van der Waals surface area contributed by atoms with Crippen molar-refractivity contribution in [1.29, 1.82) is 0 Å². The number of carboxylic acids is 1. The molecule has 18 heavy (non-hydrogen) atoms. The third kappa shape index (κ3) is 3.01. The lowest BCUT2D eigenvalue weighted by Crippen LogP contribution is -2.40. The van der Waals surface area contributed by atoms with Crippen LogP contribution in [0.5, 0.6) is 0 Å². The number of benzene rings is 1. The molecule has 1 saturated heterocycles. The second-order valence-electron chi connectivity index (χ2n) is 4.42. The Balaban J connectivity index is 2.02. The van der Waals surface area contributed by atoms with Crippen LogP contribution in [0, 0.1) is 9.49 Å². The first kappa shape index (κ1) is 13.3. The molecule has 1 fully saturated rings. The molecule has 1 heterocycles. The van der Waals surface area contributed by atoms with Crippen LogP contribution in [0.1, 0.15) is 23.2 Å². The average molecular weight is 359 g/mol. The zero-order valence-electron chi connectivity index (χ0n) is 9.80. The van der Waals surface area contributed by atoms with Crippen molar-refractivity contribution in [3.05, 3.63) is 33.4 Å². The number of hydrogen-bond donors (Lipinski definition) is 1. The molecule has 0 saturated carbocycles. The quantitative estimate of drug-likeness (QED) is 0.824. The molecule has 0 radical (unpaired) electrons. The highest BCUT2D eigenvalue weighted by Gasteiger charge is 2.27. The maximum Gasteiger partial charge on any atom is 0.306 e. The van der Waals surface area contributed by atoms with Crippen LogP contribution in [0.4, 0.5) is 0 Å². The minimum atomic E-state index is -0.753. The zero-order chi connectivity index (χ0) is 13.1. The summed E-state index contributed by atoms with van der Waals surface area (Å²) in [4.78, 5) is 24.8. The van der Waals surface area contributed by atoms with Crippen molar-refractivity contribution in [3.63, 3.8) is 0 Å². The molecule has 0 bridgehead atoms. The van der Waals surface area contributed by atoms with Gasteiger partial charge in [-0.05, 0) is 53.6 Å². The molecule has 1 N–H and O–H groups in total. The average Bonchev–Trinajstić information content (AvgIpc) is 2.38. The van der Waals surface area contributed by atoms with E-state index in [2.05, 4.69) is 22.6 Å². The predicted octanol–water partition coefficient (Wildman–Crippen LogP) is 2.23. The number of carbonyl (C=O) groups is 2. The van der Waals surface area contributed by atoms with Gasteiger partial charge in [0.15, 0.2) is 0 Å². The number of aliphatic carboxylic acids is 1. The molecule has 0 unspecified atom stereocenters. The number of amides is 1. The number of halogens is 1. The SMILES string of the molecule is O=C(O)C1CCN(C(=O)c2cccc(I)c2)CC1. The molecule has 96 valence electrons. The van der Waals surface area contributed by atoms with E-state index in [1.165, 1.54) is 0 Å². The Hall–Kier alpha value is -1.11. The Morgan fingerprint density at radius 1 is 1.28 bits per heavy atom. The lowest BCUT2D eigenvalue weighted by atomic mass is 9.96. The van der Waals surface area contributed by atoms with E-state index in [0.717, 1.165) is 3.57 Å². The van der Waals surface area contributed by atoms with Crippen LogP contribution < -0.4 is 0 Å². The van der Waals surface area contributed by atoms with Gasteiger partial charge >= 0.3 is 5.97 Å². The number of carbonyl (C=O) groups excluding carboxylic acids is 1. The van der Waals surface area contributed by atoms with Gasteiger partial charge in [-0.2, -0.15) is 0 Å². The van der Waals surface area contributed by atoms with Gasteiger partial charge in [0.25, 0.3) is 5.91 Å². The van der Waals surface area contributed by atoms with Gasteiger partial charge in [-0.1, -0.05) is 6.07 Å². The Labute approximate surface area is 119 Å². The fourth-order valence-electron chi connectivity index (χ4n) is 2.13. The fourth-order valence-corrected chi connectivity index (χ4v) is 2.68. The fraction of sp³-hybridized carbons (Fsp3) is 0.385. The summed E-state index contributed by atoms with van der Waals surface area (Å²) in [6.45, 7) is 1.06. The van der Waals surface area contributed by atoms with E-state index >= 15 is 0 Å². The molecule has 1 aliphatic heterocycles. The van der Waals surface area contributed by atoms with Gasteiger partial charge in [0.1, 0.15) is 0 Å². The summed E-state index contributed by atoms with van der Waals surface area (Å²) in [5.74, 6) is -1.06. The number of rotatable bonds is 2. The third-order valence-corrected chi connectivity index (χ3v) is 3.87. The molecule has 4 nitrogen and oxygen atoms in total.